The molecule has 6 unspecified atom stereocenters. The molecule has 15 heteroatoms. The highest BCUT2D eigenvalue weighted by molar-refractivity contribution is 7.91. The van der Waals surface area contributed by atoms with Gasteiger partial charge in [-0.25, -0.2) is 31.6 Å². The van der Waals surface area contributed by atoms with Crippen molar-refractivity contribution < 1.29 is 35.1 Å². The summed E-state index contributed by atoms with van der Waals surface area (Å²) in [6.45, 7) is 5.56. The molecule has 2 aromatic carbocycles. The molecule has 6 heterocycles. The molecule has 2 aromatic heterocycles. The number of benzene rings is 2. The lowest BCUT2D eigenvalue weighted by molar-refractivity contribution is 0.0212. The molecule has 1 amide bonds. The fourth-order valence-corrected chi connectivity index (χ4v) is 9.90. The summed E-state index contributed by atoms with van der Waals surface area (Å²) in [7, 11) is -6.58. The normalized spacial score (nSPS) is 24.0. The highest BCUT2D eigenvalue weighted by Gasteiger charge is 2.50. The number of rotatable bonds is 6. The predicted molar refractivity (Wildman–Crippen MR) is 212 cm³/mol. The Kier molecular flexibility index (Phi) is 11.7. The molecule has 4 aliphatic rings. The van der Waals surface area contributed by atoms with Crippen molar-refractivity contribution >= 4 is 38.2 Å². The number of ether oxygens (including phenoxy) is 1. The Labute approximate surface area is 333 Å². The maximum absolute atomic E-state index is 14.5. The van der Waals surface area contributed by atoms with Crippen LogP contribution in [0, 0.1) is 11.9 Å². The second-order valence-electron chi connectivity index (χ2n) is 16.2. The van der Waals surface area contributed by atoms with Gasteiger partial charge in [-0.3, -0.25) is 0 Å². The first-order valence-corrected chi connectivity index (χ1v) is 22.3. The third-order valence-electron chi connectivity index (χ3n) is 11.2. The maximum Gasteiger partial charge on any atom is 0.410 e. The average molecular weight is 829 g/mol. The number of fused-ring (bicyclic) bond motifs is 4. The summed E-state index contributed by atoms with van der Waals surface area (Å²) in [5.74, 6) is -0.690. The minimum Gasteiger partial charge on any atom is -0.444 e. The molecule has 4 bridgehead atoms. The Morgan fingerprint density at radius 2 is 1.25 bits per heavy atom. The van der Waals surface area contributed by atoms with Crippen LogP contribution in [-0.4, -0.2) is 80.1 Å². The van der Waals surface area contributed by atoms with Crippen molar-refractivity contribution in [2.45, 2.75) is 111 Å². The van der Waals surface area contributed by atoms with Crippen molar-refractivity contribution in [1.29, 1.82) is 0 Å². The number of sulfone groups is 2. The van der Waals surface area contributed by atoms with Crippen LogP contribution in [0.25, 0.3) is 22.3 Å². The first-order valence-electron chi connectivity index (χ1n) is 18.5. The van der Waals surface area contributed by atoms with Crippen LogP contribution in [0.15, 0.2) is 82.8 Å². The largest absolute Gasteiger partial charge is 0.444 e. The molecule has 56 heavy (non-hydrogen) atoms. The van der Waals surface area contributed by atoms with Gasteiger partial charge in [0.05, 0.1) is 9.79 Å². The van der Waals surface area contributed by atoms with Gasteiger partial charge in [-0.15, -0.1) is 12.4 Å². The van der Waals surface area contributed by atoms with Crippen molar-refractivity contribution in [3.63, 3.8) is 0 Å². The number of nitrogens with one attached hydrogen (secondary N) is 1. The van der Waals surface area contributed by atoms with Crippen LogP contribution in [0.4, 0.5) is 13.6 Å². The van der Waals surface area contributed by atoms with E-state index < -0.39 is 37.2 Å². The lowest BCUT2D eigenvalue weighted by Gasteiger charge is -2.28. The smallest absolute Gasteiger partial charge is 0.410 e. The summed E-state index contributed by atoms with van der Waals surface area (Å²) in [6.07, 6.45) is 11.2. The van der Waals surface area contributed by atoms with E-state index in [9.17, 15) is 30.4 Å². The van der Waals surface area contributed by atoms with E-state index in [1.165, 1.54) is 30.7 Å². The van der Waals surface area contributed by atoms with Crippen molar-refractivity contribution in [3.05, 3.63) is 96.1 Å². The molecule has 4 fully saturated rings. The van der Waals surface area contributed by atoms with E-state index >= 15 is 0 Å². The summed E-state index contributed by atoms with van der Waals surface area (Å²) in [5.41, 5.74) is 3.33. The second kappa shape index (κ2) is 15.8. The Hall–Kier alpha value is -3.98. The molecule has 6 atom stereocenters. The molecule has 4 aromatic rings. The number of hydrogen-bond acceptors (Lipinski definition) is 9. The van der Waals surface area contributed by atoms with Gasteiger partial charge in [0, 0.05) is 72.0 Å². The van der Waals surface area contributed by atoms with Crippen LogP contribution in [0.5, 0.6) is 0 Å². The average Bonchev–Trinajstić information content (AvgIpc) is 3.93. The van der Waals surface area contributed by atoms with Crippen molar-refractivity contribution in [2.75, 3.05) is 12.5 Å². The van der Waals surface area contributed by atoms with Gasteiger partial charge in [0.1, 0.15) is 5.60 Å². The zero-order valence-corrected chi connectivity index (χ0v) is 34.4. The van der Waals surface area contributed by atoms with Crippen LogP contribution < -0.4 is 5.32 Å². The standard InChI is InChI=1S/C23H27FN2O4S.C18H19FN2O2S.ClH/c1-23(2,3)30-22(27)26-16-7-10-20(26)18(12-16)15-11-19(21(24)25-13-15)14-5-8-17(9-6-14)31(4,28)29;1-24(22,23)14-5-2-11(3-6-14)16-8-12(10-20-18(16)19)15-9-13-4-7-17(15)21-13;/h5-6,8-9,11,13,16,18,20H,7,10,12H2,1-4H3;2-3,5-6,8,10,13,15,17,21H,4,7,9H2,1H3;1H. The van der Waals surface area contributed by atoms with Crippen LogP contribution >= 0.6 is 12.4 Å². The van der Waals surface area contributed by atoms with E-state index in [2.05, 4.69) is 15.3 Å². The van der Waals surface area contributed by atoms with Gasteiger partial charge in [0.15, 0.2) is 19.7 Å². The Balaban J connectivity index is 0.000000192. The number of halogens is 3. The van der Waals surface area contributed by atoms with Gasteiger partial charge in [0.2, 0.25) is 11.9 Å². The molecular weight excluding hydrogens is 782 g/mol. The quantitative estimate of drug-likeness (QED) is 0.193. The third kappa shape index (κ3) is 8.78. The Morgan fingerprint density at radius 3 is 1.68 bits per heavy atom. The van der Waals surface area contributed by atoms with Gasteiger partial charge in [-0.1, -0.05) is 24.3 Å². The molecule has 4 saturated heterocycles. The molecule has 8 rings (SSSR count). The third-order valence-corrected chi connectivity index (χ3v) is 13.5. The van der Waals surface area contributed by atoms with Crippen LogP contribution in [0.3, 0.4) is 0 Å². The minimum absolute atomic E-state index is 0. The lowest BCUT2D eigenvalue weighted by atomic mass is 9.84. The minimum atomic E-state index is -3.33. The highest BCUT2D eigenvalue weighted by atomic mass is 35.5. The number of pyridine rings is 2. The monoisotopic (exact) mass is 828 g/mol. The molecule has 1 N–H and O–H groups in total. The Bertz CT molecular complexity index is 2320. The molecule has 0 saturated carbocycles. The number of aromatic nitrogens is 2. The predicted octanol–water partition coefficient (Wildman–Crippen LogP) is 7.87. The van der Waals surface area contributed by atoms with Gasteiger partial charge in [-0.2, -0.15) is 8.78 Å². The van der Waals surface area contributed by atoms with Gasteiger partial charge in [0.25, 0.3) is 0 Å². The van der Waals surface area contributed by atoms with Gasteiger partial charge >= 0.3 is 6.09 Å². The summed E-state index contributed by atoms with van der Waals surface area (Å²) in [5, 5.41) is 3.59. The lowest BCUT2D eigenvalue weighted by Crippen LogP contribution is -2.40. The molecular formula is C41H47ClF2N4O6S2. The topological polar surface area (TPSA) is 136 Å². The summed E-state index contributed by atoms with van der Waals surface area (Å²) < 4.78 is 80.9. The first-order chi connectivity index (χ1) is 25.9. The SMILES string of the molecule is CC(C)(C)OC(=O)N1C2CCC1C(c1cnc(F)c(-c3ccc(S(C)(=O)=O)cc3)c1)C2.CS(=O)(=O)c1ccc(-c2cc(C3CC4CCC3N4)cnc2F)cc1.Cl. The van der Waals surface area contributed by atoms with E-state index in [4.69, 9.17) is 4.74 Å². The number of amides is 1. The van der Waals surface area contributed by atoms with Crippen molar-refractivity contribution in [1.82, 2.24) is 20.2 Å². The molecule has 300 valence electrons. The highest BCUT2D eigenvalue weighted by Crippen LogP contribution is 2.48. The van der Waals surface area contributed by atoms with Crippen molar-refractivity contribution in [3.8, 4) is 22.3 Å². The van der Waals surface area contributed by atoms with E-state index in [0.29, 0.717) is 40.3 Å². The van der Waals surface area contributed by atoms with Crippen LogP contribution in [0.2, 0.25) is 0 Å². The fourth-order valence-electron chi connectivity index (χ4n) is 8.64. The second-order valence-corrected chi connectivity index (χ2v) is 20.3. The molecule has 4 aliphatic heterocycles. The molecule has 0 radical (unpaired) electrons. The van der Waals surface area contributed by atoms with Crippen LogP contribution in [-0.2, 0) is 24.4 Å². The van der Waals surface area contributed by atoms with Gasteiger partial charge < -0.3 is 15.0 Å². The van der Waals surface area contributed by atoms with E-state index in [0.717, 1.165) is 55.7 Å². The van der Waals surface area contributed by atoms with Crippen molar-refractivity contribution in [2.24, 2.45) is 0 Å². The number of carbonyl (C=O) groups excluding carboxylic acids is 1. The van der Waals surface area contributed by atoms with E-state index in [-0.39, 0.29) is 46.3 Å². The maximum atomic E-state index is 14.5. The van der Waals surface area contributed by atoms with Crippen LogP contribution in [0.1, 0.15) is 82.3 Å². The number of nitrogens with zero attached hydrogens (tertiary/aromatic N) is 3. The fraction of sp³-hybridized carbons (Fsp3) is 0.439. The number of hydrogen-bond donors (Lipinski definition) is 1. The molecule has 10 nitrogen and oxygen atoms in total. The van der Waals surface area contributed by atoms with E-state index in [1.54, 1.807) is 42.7 Å². The Morgan fingerprint density at radius 1 is 0.750 bits per heavy atom. The van der Waals surface area contributed by atoms with E-state index in [1.807, 2.05) is 31.7 Å². The first kappa shape index (κ1) is 41.6. The van der Waals surface area contributed by atoms with Gasteiger partial charge in [-0.05, 0) is 118 Å². The summed E-state index contributed by atoms with van der Waals surface area (Å²) in [6, 6.07) is 17.2. The molecule has 0 spiro atoms. The zero-order valence-electron chi connectivity index (χ0n) is 31.9. The zero-order chi connectivity index (χ0) is 39.4. The molecule has 0 aliphatic carbocycles. The number of carbonyl (C=O) groups is 1. The summed E-state index contributed by atoms with van der Waals surface area (Å²) >= 11 is 0. The summed E-state index contributed by atoms with van der Waals surface area (Å²) in [4.78, 5) is 22.9.